The van der Waals surface area contributed by atoms with Gasteiger partial charge in [-0.05, 0) is 36.2 Å². The first kappa shape index (κ1) is 19.6. The van der Waals surface area contributed by atoms with Crippen molar-refractivity contribution in [2.75, 3.05) is 4.72 Å². The van der Waals surface area contributed by atoms with Gasteiger partial charge in [-0.15, -0.1) is 0 Å². The molecule has 0 fully saturated rings. The van der Waals surface area contributed by atoms with Crippen LogP contribution in [-0.4, -0.2) is 19.3 Å². The number of hydrogen-bond donors (Lipinski definition) is 2. The van der Waals surface area contributed by atoms with Gasteiger partial charge >= 0.3 is 0 Å². The van der Waals surface area contributed by atoms with Crippen molar-refractivity contribution in [1.29, 1.82) is 0 Å². The quantitative estimate of drug-likeness (QED) is 0.643. The van der Waals surface area contributed by atoms with Crippen LogP contribution in [-0.2, 0) is 22.3 Å². The van der Waals surface area contributed by atoms with Gasteiger partial charge in [-0.1, -0.05) is 48.0 Å². The summed E-state index contributed by atoms with van der Waals surface area (Å²) >= 11 is 0. The van der Waals surface area contributed by atoms with E-state index in [1.165, 1.54) is 0 Å². The Morgan fingerprint density at radius 2 is 1.79 bits per heavy atom. The molecule has 0 saturated carbocycles. The molecule has 0 atom stereocenters. The van der Waals surface area contributed by atoms with Gasteiger partial charge in [0.1, 0.15) is 0 Å². The van der Waals surface area contributed by atoms with Gasteiger partial charge in [0.2, 0.25) is 10.0 Å². The second-order valence-corrected chi connectivity index (χ2v) is 8.16. The number of carbonyl (C=O) groups excluding carboxylic acids is 1. The van der Waals surface area contributed by atoms with Crippen LogP contribution in [0.4, 0.5) is 5.69 Å². The molecule has 1 aromatic heterocycles. The van der Waals surface area contributed by atoms with Crippen molar-refractivity contribution in [2.24, 2.45) is 0 Å². The van der Waals surface area contributed by atoms with Crippen molar-refractivity contribution in [3.05, 3.63) is 95.3 Å². The summed E-state index contributed by atoms with van der Waals surface area (Å²) in [5.74, 6) is -0.530. The van der Waals surface area contributed by atoms with E-state index in [1.54, 1.807) is 48.8 Å². The molecule has 0 bridgehead atoms. The topological polar surface area (TPSA) is 88.2 Å². The lowest BCUT2D eigenvalue weighted by Gasteiger charge is -2.13. The average Bonchev–Trinajstić information content (AvgIpc) is 2.66. The van der Waals surface area contributed by atoms with Crippen LogP contribution in [0.5, 0.6) is 0 Å². The summed E-state index contributed by atoms with van der Waals surface area (Å²) in [6.07, 6.45) is 3.32. The third-order valence-electron chi connectivity index (χ3n) is 4.05. The van der Waals surface area contributed by atoms with Crippen LogP contribution in [0, 0.1) is 6.92 Å². The van der Waals surface area contributed by atoms with E-state index >= 15 is 0 Å². The van der Waals surface area contributed by atoms with Gasteiger partial charge in [0.25, 0.3) is 5.91 Å². The number of anilines is 1. The number of benzene rings is 2. The Bertz CT molecular complexity index is 1070. The van der Waals surface area contributed by atoms with E-state index < -0.39 is 10.0 Å². The van der Waals surface area contributed by atoms with Gasteiger partial charge < -0.3 is 5.32 Å². The third-order valence-corrected chi connectivity index (χ3v) is 5.30. The maximum absolute atomic E-state index is 12.6. The zero-order valence-electron chi connectivity index (χ0n) is 15.4. The highest BCUT2D eigenvalue weighted by atomic mass is 32.2. The van der Waals surface area contributed by atoms with Crippen molar-refractivity contribution in [2.45, 2.75) is 19.2 Å². The van der Waals surface area contributed by atoms with E-state index in [0.29, 0.717) is 12.1 Å². The molecule has 7 heteroatoms. The van der Waals surface area contributed by atoms with Crippen LogP contribution in [0.15, 0.2) is 73.1 Å². The van der Waals surface area contributed by atoms with Crippen LogP contribution in [0.1, 0.15) is 27.0 Å². The molecule has 0 saturated heterocycles. The molecular weight excluding hydrogens is 374 g/mol. The molecule has 1 heterocycles. The van der Waals surface area contributed by atoms with Crippen molar-refractivity contribution in [3.63, 3.8) is 0 Å². The summed E-state index contributed by atoms with van der Waals surface area (Å²) in [4.78, 5) is 16.6. The number of aryl methyl sites for hydroxylation is 1. The number of aromatic nitrogens is 1. The predicted molar refractivity (Wildman–Crippen MR) is 109 cm³/mol. The molecule has 2 aromatic carbocycles. The van der Waals surface area contributed by atoms with Crippen molar-refractivity contribution in [3.8, 4) is 0 Å². The highest BCUT2D eigenvalue weighted by Gasteiger charge is 2.17. The van der Waals surface area contributed by atoms with Crippen molar-refractivity contribution in [1.82, 2.24) is 10.3 Å². The number of amides is 1. The van der Waals surface area contributed by atoms with E-state index in [-0.39, 0.29) is 22.9 Å². The number of nitrogens with zero attached hydrogens (tertiary/aromatic N) is 1. The number of para-hydroxylation sites is 1. The molecule has 28 heavy (non-hydrogen) atoms. The van der Waals surface area contributed by atoms with Crippen LogP contribution < -0.4 is 10.0 Å². The summed E-state index contributed by atoms with van der Waals surface area (Å²) in [6.45, 7) is 2.21. The highest BCUT2D eigenvalue weighted by Crippen LogP contribution is 2.19. The van der Waals surface area contributed by atoms with Gasteiger partial charge in [0.05, 0.1) is 17.0 Å². The molecule has 3 rings (SSSR count). The van der Waals surface area contributed by atoms with Crippen LogP contribution in [0.3, 0.4) is 0 Å². The molecule has 3 aromatic rings. The fourth-order valence-electron chi connectivity index (χ4n) is 2.78. The number of carbonyl (C=O) groups is 1. The fourth-order valence-corrected chi connectivity index (χ4v) is 3.98. The molecule has 1 amide bonds. The second-order valence-electron chi connectivity index (χ2n) is 6.44. The van der Waals surface area contributed by atoms with E-state index in [1.807, 2.05) is 31.2 Å². The standard InChI is InChI=1S/C21H21N3O3S/c1-16-6-4-7-17(12-16)15-28(26,27)24-20-10-3-2-9-19(20)21(25)23-14-18-8-5-11-22-13-18/h2-13,24H,14-15H2,1H3,(H,23,25). The Hall–Kier alpha value is -3.19. The van der Waals surface area contributed by atoms with E-state index in [4.69, 9.17) is 0 Å². The molecular formula is C21H21N3O3S. The molecule has 0 aliphatic carbocycles. The van der Waals surface area contributed by atoms with Crippen LogP contribution >= 0.6 is 0 Å². The first-order valence-corrected chi connectivity index (χ1v) is 10.4. The minimum atomic E-state index is -3.67. The minimum Gasteiger partial charge on any atom is -0.348 e. The van der Waals surface area contributed by atoms with E-state index in [0.717, 1.165) is 11.1 Å². The SMILES string of the molecule is Cc1cccc(CS(=O)(=O)Nc2ccccc2C(=O)NCc2cccnc2)c1. The molecule has 144 valence electrons. The zero-order valence-corrected chi connectivity index (χ0v) is 16.2. The maximum Gasteiger partial charge on any atom is 0.253 e. The van der Waals surface area contributed by atoms with Gasteiger partial charge in [-0.2, -0.15) is 0 Å². The first-order chi connectivity index (χ1) is 13.4. The first-order valence-electron chi connectivity index (χ1n) is 8.75. The Labute approximate surface area is 164 Å². The molecule has 6 nitrogen and oxygen atoms in total. The summed E-state index contributed by atoms with van der Waals surface area (Å²) < 4.78 is 27.7. The lowest BCUT2D eigenvalue weighted by molar-refractivity contribution is 0.0952. The van der Waals surface area contributed by atoms with Gasteiger partial charge in [-0.3, -0.25) is 14.5 Å². The molecule has 0 unspecified atom stereocenters. The predicted octanol–water partition coefficient (Wildman–Crippen LogP) is 3.26. The number of rotatable bonds is 7. The Morgan fingerprint density at radius 1 is 1.00 bits per heavy atom. The number of pyridine rings is 1. The van der Waals surface area contributed by atoms with Gasteiger partial charge in [0, 0.05) is 18.9 Å². The van der Waals surface area contributed by atoms with E-state index in [9.17, 15) is 13.2 Å². The monoisotopic (exact) mass is 395 g/mol. The van der Waals surface area contributed by atoms with Gasteiger partial charge in [0.15, 0.2) is 0 Å². The second kappa shape index (κ2) is 8.67. The highest BCUT2D eigenvalue weighted by molar-refractivity contribution is 7.91. The van der Waals surface area contributed by atoms with Crippen LogP contribution in [0.2, 0.25) is 0 Å². The largest absolute Gasteiger partial charge is 0.348 e. The number of hydrogen-bond acceptors (Lipinski definition) is 4. The summed E-state index contributed by atoms with van der Waals surface area (Å²) in [5, 5.41) is 2.78. The lowest BCUT2D eigenvalue weighted by Crippen LogP contribution is -2.25. The average molecular weight is 395 g/mol. The Balaban J connectivity index is 1.73. The van der Waals surface area contributed by atoms with Crippen LogP contribution in [0.25, 0.3) is 0 Å². The number of sulfonamides is 1. The summed E-state index contributed by atoms with van der Waals surface area (Å²) in [5.41, 5.74) is 3.04. The normalized spacial score (nSPS) is 11.0. The maximum atomic E-state index is 12.6. The summed E-state index contributed by atoms with van der Waals surface area (Å²) in [7, 11) is -3.67. The minimum absolute atomic E-state index is 0.166. The fraction of sp³-hybridized carbons (Fsp3) is 0.143. The van der Waals surface area contributed by atoms with Crippen molar-refractivity contribution < 1.29 is 13.2 Å². The number of nitrogens with one attached hydrogen (secondary N) is 2. The molecule has 0 aliphatic rings. The summed E-state index contributed by atoms with van der Waals surface area (Å²) in [6, 6.07) is 17.5. The Kier molecular flexibility index (Phi) is 6.06. The van der Waals surface area contributed by atoms with E-state index in [2.05, 4.69) is 15.0 Å². The third kappa shape index (κ3) is 5.40. The molecule has 0 radical (unpaired) electrons. The Morgan fingerprint density at radius 3 is 2.54 bits per heavy atom. The zero-order chi connectivity index (χ0) is 20.0. The lowest BCUT2D eigenvalue weighted by atomic mass is 10.1. The molecule has 2 N–H and O–H groups in total. The molecule has 0 spiro atoms. The van der Waals surface area contributed by atoms with Crippen molar-refractivity contribution >= 4 is 21.6 Å². The smallest absolute Gasteiger partial charge is 0.253 e. The molecule has 0 aliphatic heterocycles. The van der Waals surface area contributed by atoms with Gasteiger partial charge in [-0.25, -0.2) is 8.42 Å².